The molecule has 0 saturated heterocycles. The number of amidine groups is 1. The first-order valence-corrected chi connectivity index (χ1v) is 13.4. The predicted octanol–water partition coefficient (Wildman–Crippen LogP) is 4.27. The molecule has 3 aromatic rings. The molecule has 0 aliphatic heterocycles. The molecule has 0 atom stereocenters. The molecule has 0 amide bonds. The van der Waals surface area contributed by atoms with Crippen molar-refractivity contribution in [3.8, 4) is 0 Å². The van der Waals surface area contributed by atoms with Crippen molar-refractivity contribution in [1.82, 2.24) is 4.31 Å². The molecular formula is C24H27N3O4S2. The molecule has 0 radical (unpaired) electrons. The Bertz CT molecular complexity index is 1330. The molecule has 0 fully saturated rings. The molecule has 0 spiro atoms. The van der Waals surface area contributed by atoms with Gasteiger partial charge in [-0.3, -0.25) is 0 Å². The first-order chi connectivity index (χ1) is 15.7. The number of hydrogen-bond acceptors (Lipinski definition) is 4. The highest BCUT2D eigenvalue weighted by Gasteiger charge is 2.24. The standard InChI is InChI=1S/C24H27N3O4S2/c1-4-27(5-2)33(30,31)23-18-21(17-16-19(23)3)25-24(20-12-8-6-9-13-20)26-32(28,29)22-14-10-7-11-15-22/h6-18H,4-5H2,1-3H3,(H,25,26). The van der Waals surface area contributed by atoms with Crippen molar-refractivity contribution in [2.24, 2.45) is 4.40 Å². The van der Waals surface area contributed by atoms with Crippen molar-refractivity contribution in [2.45, 2.75) is 30.6 Å². The smallest absolute Gasteiger partial charge is 0.284 e. The summed E-state index contributed by atoms with van der Waals surface area (Å²) in [5, 5.41) is 3.02. The Labute approximate surface area is 195 Å². The van der Waals surface area contributed by atoms with Crippen molar-refractivity contribution in [3.63, 3.8) is 0 Å². The minimum absolute atomic E-state index is 0.0638. The van der Waals surface area contributed by atoms with Gasteiger partial charge < -0.3 is 5.32 Å². The van der Waals surface area contributed by atoms with Crippen LogP contribution in [-0.4, -0.2) is 40.1 Å². The van der Waals surface area contributed by atoms with Gasteiger partial charge in [-0.1, -0.05) is 68.4 Å². The molecule has 7 nitrogen and oxygen atoms in total. The zero-order valence-corrected chi connectivity index (χ0v) is 20.4. The predicted molar refractivity (Wildman–Crippen MR) is 132 cm³/mol. The van der Waals surface area contributed by atoms with E-state index in [1.165, 1.54) is 22.5 Å². The Morgan fingerprint density at radius 1 is 0.848 bits per heavy atom. The van der Waals surface area contributed by atoms with Crippen LogP contribution in [0.1, 0.15) is 25.0 Å². The average Bonchev–Trinajstić information content (AvgIpc) is 2.81. The monoisotopic (exact) mass is 485 g/mol. The lowest BCUT2D eigenvalue weighted by Crippen LogP contribution is -2.31. The second kappa shape index (κ2) is 10.3. The summed E-state index contributed by atoms with van der Waals surface area (Å²) in [6.45, 7) is 6.00. The quantitative estimate of drug-likeness (QED) is 0.380. The third-order valence-electron chi connectivity index (χ3n) is 5.07. The topological polar surface area (TPSA) is 95.9 Å². The number of aryl methyl sites for hydroxylation is 1. The third-order valence-corrected chi connectivity index (χ3v) is 8.56. The van der Waals surface area contributed by atoms with Crippen molar-refractivity contribution in [3.05, 3.63) is 90.0 Å². The lowest BCUT2D eigenvalue weighted by molar-refractivity contribution is 0.445. The maximum absolute atomic E-state index is 13.1. The fourth-order valence-corrected chi connectivity index (χ4v) is 6.01. The van der Waals surface area contributed by atoms with Gasteiger partial charge >= 0.3 is 0 Å². The van der Waals surface area contributed by atoms with Gasteiger partial charge in [0.25, 0.3) is 10.0 Å². The van der Waals surface area contributed by atoms with Gasteiger partial charge in [0, 0.05) is 24.3 Å². The Hall–Kier alpha value is -3.01. The van der Waals surface area contributed by atoms with Crippen LogP contribution in [-0.2, 0) is 20.0 Å². The van der Waals surface area contributed by atoms with Crippen LogP contribution in [0.4, 0.5) is 5.69 Å². The highest BCUT2D eigenvalue weighted by molar-refractivity contribution is 7.90. The number of nitrogens with one attached hydrogen (secondary N) is 1. The summed E-state index contributed by atoms with van der Waals surface area (Å²) in [5.74, 6) is 0.0921. The molecule has 9 heteroatoms. The molecule has 0 saturated carbocycles. The van der Waals surface area contributed by atoms with Crippen LogP contribution in [0, 0.1) is 6.92 Å². The largest absolute Gasteiger partial charge is 0.339 e. The Kier molecular flexibility index (Phi) is 7.68. The first-order valence-electron chi connectivity index (χ1n) is 10.5. The van der Waals surface area contributed by atoms with E-state index in [0.29, 0.717) is 29.9 Å². The molecule has 0 aromatic heterocycles. The second-order valence-corrected chi connectivity index (χ2v) is 10.8. The summed E-state index contributed by atoms with van der Waals surface area (Å²) < 4.78 is 57.5. The molecule has 3 aromatic carbocycles. The van der Waals surface area contributed by atoms with Crippen LogP contribution >= 0.6 is 0 Å². The van der Waals surface area contributed by atoms with E-state index in [0.717, 1.165) is 0 Å². The second-order valence-electron chi connectivity index (χ2n) is 7.29. The highest BCUT2D eigenvalue weighted by atomic mass is 32.2. The molecule has 0 unspecified atom stereocenters. The van der Waals surface area contributed by atoms with Crippen LogP contribution in [0.2, 0.25) is 0 Å². The van der Waals surface area contributed by atoms with E-state index in [1.54, 1.807) is 75.4 Å². The molecule has 1 N–H and O–H groups in total. The number of hydrogen-bond donors (Lipinski definition) is 1. The lowest BCUT2D eigenvalue weighted by atomic mass is 10.2. The van der Waals surface area contributed by atoms with Gasteiger partial charge in [-0.25, -0.2) is 8.42 Å². The van der Waals surface area contributed by atoms with Gasteiger partial charge in [0.1, 0.15) is 0 Å². The minimum atomic E-state index is -4.00. The van der Waals surface area contributed by atoms with E-state index in [-0.39, 0.29) is 15.6 Å². The Morgan fingerprint density at radius 3 is 2.00 bits per heavy atom. The van der Waals surface area contributed by atoms with Crippen LogP contribution in [0.25, 0.3) is 0 Å². The summed E-state index contributed by atoms with van der Waals surface area (Å²) in [6.07, 6.45) is 0. The summed E-state index contributed by atoms with van der Waals surface area (Å²) in [5.41, 5.74) is 1.56. The van der Waals surface area contributed by atoms with Crippen LogP contribution in [0.5, 0.6) is 0 Å². The van der Waals surface area contributed by atoms with E-state index >= 15 is 0 Å². The van der Waals surface area contributed by atoms with Crippen LogP contribution < -0.4 is 5.32 Å². The van der Waals surface area contributed by atoms with Crippen molar-refractivity contribution in [1.29, 1.82) is 0 Å². The molecule has 0 bridgehead atoms. The Morgan fingerprint density at radius 2 is 1.42 bits per heavy atom. The fraction of sp³-hybridized carbons (Fsp3) is 0.208. The van der Waals surface area contributed by atoms with E-state index in [4.69, 9.17) is 0 Å². The fourth-order valence-electron chi connectivity index (χ4n) is 3.30. The third kappa shape index (κ3) is 5.68. The summed E-state index contributed by atoms with van der Waals surface area (Å²) in [6, 6.07) is 21.6. The van der Waals surface area contributed by atoms with Crippen molar-refractivity contribution < 1.29 is 16.8 Å². The lowest BCUT2D eigenvalue weighted by Gasteiger charge is -2.20. The zero-order chi connectivity index (χ0) is 24.1. The molecule has 3 rings (SSSR count). The normalized spacial score (nSPS) is 12.7. The van der Waals surface area contributed by atoms with Crippen molar-refractivity contribution >= 4 is 31.6 Å². The molecule has 174 valence electrons. The SMILES string of the molecule is CCN(CC)S(=O)(=O)c1cc(NC(=NS(=O)(=O)c2ccccc2)c2ccccc2)ccc1C. The van der Waals surface area contributed by atoms with Gasteiger partial charge in [-0.05, 0) is 36.8 Å². The molecule has 0 aliphatic rings. The van der Waals surface area contributed by atoms with Gasteiger partial charge in [0.2, 0.25) is 10.0 Å². The van der Waals surface area contributed by atoms with Gasteiger partial charge in [0.05, 0.1) is 9.79 Å². The van der Waals surface area contributed by atoms with E-state index < -0.39 is 20.0 Å². The molecule has 33 heavy (non-hydrogen) atoms. The van der Waals surface area contributed by atoms with Gasteiger partial charge in [0.15, 0.2) is 5.84 Å². The maximum Gasteiger partial charge on any atom is 0.284 e. The van der Waals surface area contributed by atoms with Crippen LogP contribution in [0.15, 0.2) is 93.1 Å². The number of benzene rings is 3. The Balaban J connectivity index is 2.09. The maximum atomic E-state index is 13.1. The summed E-state index contributed by atoms with van der Waals surface area (Å²) >= 11 is 0. The number of sulfonamides is 2. The first kappa shape index (κ1) is 24.6. The van der Waals surface area contributed by atoms with Crippen LogP contribution in [0.3, 0.4) is 0 Å². The molecular weight excluding hydrogens is 458 g/mol. The van der Waals surface area contributed by atoms with Crippen molar-refractivity contribution in [2.75, 3.05) is 18.4 Å². The van der Waals surface area contributed by atoms with E-state index in [1.807, 2.05) is 6.07 Å². The van der Waals surface area contributed by atoms with E-state index in [9.17, 15) is 16.8 Å². The zero-order valence-electron chi connectivity index (χ0n) is 18.8. The average molecular weight is 486 g/mol. The molecule has 0 aliphatic carbocycles. The van der Waals surface area contributed by atoms with Gasteiger partial charge in [-0.15, -0.1) is 4.40 Å². The van der Waals surface area contributed by atoms with E-state index in [2.05, 4.69) is 9.71 Å². The number of nitrogens with zero attached hydrogens (tertiary/aromatic N) is 2. The highest BCUT2D eigenvalue weighted by Crippen LogP contribution is 2.24. The molecule has 0 heterocycles. The summed E-state index contributed by atoms with van der Waals surface area (Å²) in [4.78, 5) is 0.225. The number of anilines is 1. The number of rotatable bonds is 8. The summed E-state index contributed by atoms with van der Waals surface area (Å²) in [7, 11) is -7.69. The minimum Gasteiger partial charge on any atom is -0.339 e. The van der Waals surface area contributed by atoms with Gasteiger partial charge in [-0.2, -0.15) is 12.7 Å².